The SMILES string of the molecule is CCC1=CC(NC2C(C)OC(OC3C(CO)OC(OC4C(CO)OC(Sc5c[nH]c6ccccc56)C(O)C4O)C(O)C3O)C(O)C2O)C(O)C(O)C1O. The van der Waals surface area contributed by atoms with E-state index >= 15 is 0 Å². The lowest BCUT2D eigenvalue weighted by Crippen LogP contribution is -2.68. The van der Waals surface area contributed by atoms with Gasteiger partial charge in [-0.25, -0.2) is 0 Å². The third-order valence-electron chi connectivity index (χ3n) is 10.5. The van der Waals surface area contributed by atoms with Crippen molar-refractivity contribution >= 4 is 22.7 Å². The van der Waals surface area contributed by atoms with Gasteiger partial charge < -0.3 is 90.2 Å². The molecule has 0 saturated carbocycles. The molecule has 298 valence electrons. The van der Waals surface area contributed by atoms with Gasteiger partial charge in [0.25, 0.3) is 0 Å². The van der Waals surface area contributed by atoms with Gasteiger partial charge in [-0.1, -0.05) is 43.0 Å². The van der Waals surface area contributed by atoms with Crippen LogP contribution in [0.25, 0.3) is 10.9 Å². The number of para-hydroxylation sites is 1. The molecular formula is C34H50N2O16S. The van der Waals surface area contributed by atoms with Gasteiger partial charge in [0.2, 0.25) is 0 Å². The van der Waals surface area contributed by atoms with Gasteiger partial charge >= 0.3 is 0 Å². The minimum Gasteiger partial charge on any atom is -0.394 e. The molecule has 4 heterocycles. The summed E-state index contributed by atoms with van der Waals surface area (Å²) in [6, 6.07) is 5.53. The first-order valence-corrected chi connectivity index (χ1v) is 18.5. The summed E-state index contributed by atoms with van der Waals surface area (Å²) in [7, 11) is 0. The van der Waals surface area contributed by atoms with Crippen LogP contribution in [-0.2, 0) is 23.7 Å². The van der Waals surface area contributed by atoms with Crippen LogP contribution in [0.15, 0.2) is 47.0 Å². The number of hydrogen-bond donors (Lipinski definition) is 13. The quantitative estimate of drug-likeness (QED) is 0.0972. The summed E-state index contributed by atoms with van der Waals surface area (Å²) in [5.74, 6) is 0. The topological polar surface area (TPSA) is 296 Å². The highest BCUT2D eigenvalue weighted by molar-refractivity contribution is 8.00. The summed E-state index contributed by atoms with van der Waals surface area (Å²) in [5, 5.41) is 122. The summed E-state index contributed by atoms with van der Waals surface area (Å²) in [6.07, 6.45) is -20.7. The van der Waals surface area contributed by atoms with Crippen LogP contribution in [0.4, 0.5) is 0 Å². The van der Waals surface area contributed by atoms with Crippen molar-refractivity contribution in [2.45, 2.75) is 141 Å². The molecule has 1 aromatic carbocycles. The molecule has 19 heteroatoms. The molecule has 0 amide bonds. The Morgan fingerprint density at radius 2 is 1.34 bits per heavy atom. The Bertz CT molecular complexity index is 1530. The van der Waals surface area contributed by atoms with Gasteiger partial charge in [-0.2, -0.15) is 0 Å². The maximum Gasteiger partial charge on any atom is 0.187 e. The van der Waals surface area contributed by atoms with E-state index in [0.717, 1.165) is 27.6 Å². The number of nitrogens with one attached hydrogen (secondary N) is 2. The average Bonchev–Trinajstić information content (AvgIpc) is 3.56. The highest BCUT2D eigenvalue weighted by Crippen LogP contribution is 2.39. The minimum atomic E-state index is -1.89. The normalized spacial score (nSPS) is 45.3. The van der Waals surface area contributed by atoms with Crippen LogP contribution in [0.3, 0.4) is 0 Å². The predicted molar refractivity (Wildman–Crippen MR) is 183 cm³/mol. The minimum absolute atomic E-state index is 0.390. The van der Waals surface area contributed by atoms with Gasteiger partial charge in [0.05, 0.1) is 31.4 Å². The van der Waals surface area contributed by atoms with E-state index in [-0.39, 0.29) is 0 Å². The van der Waals surface area contributed by atoms with E-state index in [2.05, 4.69) is 10.3 Å². The summed E-state index contributed by atoms with van der Waals surface area (Å²) >= 11 is 1.12. The van der Waals surface area contributed by atoms with E-state index < -0.39 is 129 Å². The molecule has 1 aromatic heterocycles. The number of thioether (sulfide) groups is 1. The molecule has 19 atom stereocenters. The zero-order valence-electron chi connectivity index (χ0n) is 28.9. The monoisotopic (exact) mass is 774 g/mol. The molecular weight excluding hydrogens is 724 g/mol. The van der Waals surface area contributed by atoms with E-state index in [9.17, 15) is 56.2 Å². The molecule has 53 heavy (non-hydrogen) atoms. The molecule has 0 radical (unpaired) electrons. The third-order valence-corrected chi connectivity index (χ3v) is 11.7. The number of rotatable bonds is 11. The fourth-order valence-electron chi connectivity index (χ4n) is 7.35. The zero-order valence-corrected chi connectivity index (χ0v) is 29.7. The maximum atomic E-state index is 11.2. The fourth-order valence-corrected chi connectivity index (χ4v) is 8.53. The summed E-state index contributed by atoms with van der Waals surface area (Å²) in [5.41, 5.74) is 0.294. The summed E-state index contributed by atoms with van der Waals surface area (Å²) in [4.78, 5) is 3.84. The lowest BCUT2D eigenvalue weighted by atomic mass is 9.85. The van der Waals surface area contributed by atoms with Crippen molar-refractivity contribution in [3.05, 3.63) is 42.1 Å². The molecule has 3 saturated heterocycles. The molecule has 4 aliphatic rings. The second-order valence-corrected chi connectivity index (χ2v) is 15.0. The Balaban J connectivity index is 1.09. The lowest BCUT2D eigenvalue weighted by Gasteiger charge is -2.49. The van der Waals surface area contributed by atoms with Gasteiger partial charge in [-0.15, -0.1) is 0 Å². The first kappa shape index (κ1) is 40.8. The van der Waals surface area contributed by atoms with Crippen LogP contribution >= 0.6 is 11.8 Å². The van der Waals surface area contributed by atoms with Gasteiger partial charge in [-0.3, -0.25) is 0 Å². The van der Waals surface area contributed by atoms with Gasteiger partial charge in [0.1, 0.15) is 84.8 Å². The number of fused-ring (bicyclic) bond motifs is 1. The Kier molecular flexibility index (Phi) is 13.2. The van der Waals surface area contributed by atoms with Crippen LogP contribution in [0.2, 0.25) is 0 Å². The standard InChI is InChI=1S/C34H50N2O16S/c1-3-13-8-16(22(40)24(42)21(13)39)36-20-12(2)48-32(27(45)23(20)41)51-30-17(10-37)49-33(28(46)25(30)43)52-31-18(11-38)50-34(29(47)26(31)44)53-19-9-35-15-7-5-4-6-14(15)19/h4-9,12,16-18,20-47H,3,10-11H2,1-2H3. The lowest BCUT2D eigenvalue weighted by molar-refractivity contribution is -0.366. The Hall–Kier alpha value is -1.83. The molecule has 1 aliphatic carbocycles. The van der Waals surface area contributed by atoms with Gasteiger partial charge in [0.15, 0.2) is 12.6 Å². The largest absolute Gasteiger partial charge is 0.394 e. The molecule has 13 N–H and O–H groups in total. The van der Waals surface area contributed by atoms with Crippen molar-refractivity contribution in [2.24, 2.45) is 0 Å². The van der Waals surface area contributed by atoms with Crippen molar-refractivity contribution in [1.29, 1.82) is 0 Å². The van der Waals surface area contributed by atoms with Crippen LogP contribution in [0.1, 0.15) is 20.3 Å². The van der Waals surface area contributed by atoms with Crippen LogP contribution in [0, 0.1) is 0 Å². The first-order chi connectivity index (χ1) is 25.3. The van der Waals surface area contributed by atoms with Crippen molar-refractivity contribution in [2.75, 3.05) is 13.2 Å². The number of aromatic nitrogens is 1. The van der Waals surface area contributed by atoms with E-state index in [4.69, 9.17) is 23.7 Å². The van der Waals surface area contributed by atoms with E-state index in [1.807, 2.05) is 24.3 Å². The number of ether oxygens (including phenoxy) is 5. The second kappa shape index (κ2) is 17.1. The maximum absolute atomic E-state index is 11.2. The van der Waals surface area contributed by atoms with E-state index in [0.29, 0.717) is 12.0 Å². The number of aliphatic hydroxyl groups is 11. The third kappa shape index (κ3) is 8.06. The van der Waals surface area contributed by atoms with Crippen molar-refractivity contribution in [1.82, 2.24) is 10.3 Å². The Morgan fingerprint density at radius 1 is 0.736 bits per heavy atom. The van der Waals surface area contributed by atoms with E-state index in [1.165, 1.54) is 6.92 Å². The highest BCUT2D eigenvalue weighted by atomic mass is 32.2. The van der Waals surface area contributed by atoms with Crippen molar-refractivity contribution < 1.29 is 79.9 Å². The van der Waals surface area contributed by atoms with Crippen molar-refractivity contribution in [3.63, 3.8) is 0 Å². The molecule has 6 rings (SSSR count). The molecule has 0 bridgehead atoms. The number of H-pyrrole nitrogens is 1. The molecule has 3 fully saturated rings. The first-order valence-electron chi connectivity index (χ1n) is 17.6. The second-order valence-electron chi connectivity index (χ2n) is 13.9. The van der Waals surface area contributed by atoms with Gasteiger partial charge in [-0.05, 0) is 25.0 Å². The van der Waals surface area contributed by atoms with Crippen LogP contribution in [-0.4, -0.2) is 190 Å². The van der Waals surface area contributed by atoms with Gasteiger partial charge in [0, 0.05) is 22.0 Å². The Morgan fingerprint density at radius 3 is 2.00 bits per heavy atom. The predicted octanol–water partition coefficient (Wildman–Crippen LogP) is -3.87. The summed E-state index contributed by atoms with van der Waals surface area (Å²) < 4.78 is 29.1. The average molecular weight is 775 g/mol. The zero-order chi connectivity index (χ0) is 38.3. The molecule has 18 nitrogen and oxygen atoms in total. The fraction of sp³-hybridized carbons (Fsp3) is 0.706. The Labute approximate surface area is 308 Å². The highest BCUT2D eigenvalue weighted by Gasteiger charge is 2.54. The number of benzene rings is 1. The van der Waals surface area contributed by atoms with Crippen molar-refractivity contribution in [3.8, 4) is 0 Å². The molecule has 0 spiro atoms. The van der Waals surface area contributed by atoms with Crippen LogP contribution in [0.5, 0.6) is 0 Å². The molecule has 19 unspecified atom stereocenters. The number of aliphatic hydroxyl groups excluding tert-OH is 11. The van der Waals surface area contributed by atoms with Crippen LogP contribution < -0.4 is 5.32 Å². The number of aromatic amines is 1. The smallest absolute Gasteiger partial charge is 0.187 e. The number of hydrogen-bond acceptors (Lipinski definition) is 18. The molecule has 3 aliphatic heterocycles. The van der Waals surface area contributed by atoms with E-state index in [1.54, 1.807) is 19.2 Å². The summed E-state index contributed by atoms with van der Waals surface area (Å²) in [6.45, 7) is 1.85. The molecule has 2 aromatic rings.